The van der Waals surface area contributed by atoms with Gasteiger partial charge in [0, 0.05) is 19.2 Å². The number of rotatable bonds is 3. The lowest BCUT2D eigenvalue weighted by Crippen LogP contribution is -2.42. The van der Waals surface area contributed by atoms with Crippen molar-refractivity contribution in [2.45, 2.75) is 38.6 Å². The molecule has 2 unspecified atom stereocenters. The Balaban J connectivity index is 2.27. The molecule has 6 nitrogen and oxygen atoms in total. The van der Waals surface area contributed by atoms with Gasteiger partial charge in [-0.2, -0.15) is 0 Å². The van der Waals surface area contributed by atoms with Gasteiger partial charge in [-0.25, -0.2) is 0 Å². The summed E-state index contributed by atoms with van der Waals surface area (Å²) in [7, 11) is 1.76. The number of amides is 1. The summed E-state index contributed by atoms with van der Waals surface area (Å²) >= 11 is 0. The molecule has 1 saturated carbocycles. The fraction of sp³-hybridized carbons (Fsp3) is 0.533. The van der Waals surface area contributed by atoms with Crippen LogP contribution in [-0.4, -0.2) is 28.8 Å². The molecular formula is C15H21N3O3. The first-order valence-corrected chi connectivity index (χ1v) is 7.23. The Morgan fingerprint density at radius 1 is 1.38 bits per heavy atom. The van der Waals surface area contributed by atoms with Crippen molar-refractivity contribution in [1.29, 1.82) is 0 Å². The number of nitrogens with two attached hydrogens (primary N) is 1. The van der Waals surface area contributed by atoms with Crippen LogP contribution in [0.1, 0.15) is 43.0 Å². The molecule has 2 rings (SSSR count). The Morgan fingerprint density at radius 3 is 2.67 bits per heavy atom. The average Bonchev–Trinajstić information content (AvgIpc) is 2.46. The third-order valence-corrected chi connectivity index (χ3v) is 4.39. The third-order valence-electron chi connectivity index (χ3n) is 4.39. The fourth-order valence-corrected chi connectivity index (χ4v) is 3.11. The third kappa shape index (κ3) is 2.99. The number of hydrogen-bond acceptors (Lipinski definition) is 4. The summed E-state index contributed by atoms with van der Waals surface area (Å²) in [5.41, 5.74) is 5.74. The maximum absolute atomic E-state index is 12.6. The van der Waals surface area contributed by atoms with Crippen molar-refractivity contribution in [3.63, 3.8) is 0 Å². The van der Waals surface area contributed by atoms with Crippen LogP contribution >= 0.6 is 0 Å². The standard InChI is InChI=1S/C15H21N3O3/c1-10-6-3-4-8-12(10)17(2)15(19)11-7-5-9-13(14(11)16)18(20)21/h5,7,9-10,12H,3-4,6,8,16H2,1-2H3. The molecule has 1 aliphatic carbocycles. The number of carbonyl (C=O) groups is 1. The van der Waals surface area contributed by atoms with Gasteiger partial charge < -0.3 is 10.6 Å². The molecule has 0 saturated heterocycles. The molecule has 0 aliphatic heterocycles. The molecule has 2 N–H and O–H groups in total. The van der Waals surface area contributed by atoms with Gasteiger partial charge in [0.1, 0.15) is 5.69 Å². The summed E-state index contributed by atoms with van der Waals surface area (Å²) in [6.45, 7) is 2.14. The van der Waals surface area contributed by atoms with Crippen LogP contribution in [0.3, 0.4) is 0 Å². The number of para-hydroxylation sites is 1. The lowest BCUT2D eigenvalue weighted by Gasteiger charge is -2.36. The molecular weight excluding hydrogens is 270 g/mol. The molecule has 0 radical (unpaired) electrons. The first-order valence-electron chi connectivity index (χ1n) is 7.23. The van der Waals surface area contributed by atoms with Crippen molar-refractivity contribution in [3.05, 3.63) is 33.9 Å². The predicted molar refractivity (Wildman–Crippen MR) is 81.0 cm³/mol. The average molecular weight is 291 g/mol. The van der Waals surface area contributed by atoms with E-state index in [0.717, 1.165) is 19.3 Å². The van der Waals surface area contributed by atoms with Crippen molar-refractivity contribution in [2.24, 2.45) is 5.92 Å². The maximum atomic E-state index is 12.6. The Morgan fingerprint density at radius 2 is 2.05 bits per heavy atom. The van der Waals surface area contributed by atoms with Gasteiger partial charge in [-0.3, -0.25) is 14.9 Å². The highest BCUT2D eigenvalue weighted by Gasteiger charge is 2.30. The lowest BCUT2D eigenvalue weighted by molar-refractivity contribution is -0.383. The molecule has 1 amide bonds. The van der Waals surface area contributed by atoms with Crippen LogP contribution in [0, 0.1) is 16.0 Å². The van der Waals surface area contributed by atoms with Crippen molar-refractivity contribution in [1.82, 2.24) is 4.90 Å². The van der Waals surface area contributed by atoms with Crippen LogP contribution in [0.25, 0.3) is 0 Å². The second-order valence-electron chi connectivity index (χ2n) is 5.74. The number of benzene rings is 1. The molecule has 6 heteroatoms. The second-order valence-corrected chi connectivity index (χ2v) is 5.74. The molecule has 1 aromatic rings. The van der Waals surface area contributed by atoms with Gasteiger partial charge in [0.2, 0.25) is 0 Å². The molecule has 2 atom stereocenters. The number of nitro benzene ring substituents is 1. The summed E-state index contributed by atoms with van der Waals surface area (Å²) < 4.78 is 0. The Kier molecular flexibility index (Phi) is 4.45. The van der Waals surface area contributed by atoms with Gasteiger partial charge in [0.25, 0.3) is 11.6 Å². The molecule has 1 aliphatic rings. The van der Waals surface area contributed by atoms with Crippen molar-refractivity contribution in [2.75, 3.05) is 12.8 Å². The topological polar surface area (TPSA) is 89.5 Å². The highest BCUT2D eigenvalue weighted by molar-refractivity contribution is 6.01. The zero-order valence-electron chi connectivity index (χ0n) is 12.4. The number of carbonyl (C=O) groups excluding carboxylic acids is 1. The van der Waals surface area contributed by atoms with E-state index in [1.807, 2.05) is 0 Å². The van der Waals surface area contributed by atoms with Crippen LogP contribution in [0.2, 0.25) is 0 Å². The van der Waals surface area contributed by atoms with Gasteiger partial charge in [-0.05, 0) is 24.8 Å². The van der Waals surface area contributed by atoms with Crippen molar-refractivity contribution >= 4 is 17.3 Å². The highest BCUT2D eigenvalue weighted by Crippen LogP contribution is 2.30. The van der Waals surface area contributed by atoms with Gasteiger partial charge in [-0.15, -0.1) is 0 Å². The minimum Gasteiger partial charge on any atom is -0.393 e. The van der Waals surface area contributed by atoms with Gasteiger partial charge in [-0.1, -0.05) is 25.8 Å². The smallest absolute Gasteiger partial charge is 0.292 e. The maximum Gasteiger partial charge on any atom is 0.292 e. The van der Waals surface area contributed by atoms with Crippen molar-refractivity contribution < 1.29 is 9.72 Å². The first kappa shape index (κ1) is 15.3. The predicted octanol–water partition coefficient (Wildman–Crippen LogP) is 2.83. The van der Waals surface area contributed by atoms with Gasteiger partial charge in [0.15, 0.2) is 0 Å². The monoisotopic (exact) mass is 291 g/mol. The largest absolute Gasteiger partial charge is 0.393 e. The van der Waals surface area contributed by atoms with E-state index >= 15 is 0 Å². The normalized spacial score (nSPS) is 21.8. The Labute approximate surface area is 124 Å². The molecule has 1 aromatic carbocycles. The van der Waals surface area contributed by atoms with E-state index in [-0.39, 0.29) is 28.9 Å². The van der Waals surface area contributed by atoms with Crippen LogP contribution < -0.4 is 5.73 Å². The summed E-state index contributed by atoms with van der Waals surface area (Å²) in [6.07, 6.45) is 4.38. The Bertz CT molecular complexity index is 559. The molecule has 0 heterocycles. The zero-order chi connectivity index (χ0) is 15.6. The van der Waals surface area contributed by atoms with Crippen LogP contribution in [-0.2, 0) is 0 Å². The van der Waals surface area contributed by atoms with Gasteiger partial charge >= 0.3 is 0 Å². The molecule has 0 aromatic heterocycles. The summed E-state index contributed by atoms with van der Waals surface area (Å²) in [4.78, 5) is 24.7. The van der Waals surface area contributed by atoms with E-state index in [1.165, 1.54) is 18.6 Å². The molecule has 0 spiro atoms. The lowest BCUT2D eigenvalue weighted by atomic mass is 9.85. The van der Waals surface area contributed by atoms with E-state index in [9.17, 15) is 14.9 Å². The number of nitrogen functional groups attached to an aromatic ring is 1. The quantitative estimate of drug-likeness (QED) is 0.527. The van der Waals surface area contributed by atoms with Gasteiger partial charge in [0.05, 0.1) is 10.5 Å². The number of hydrogen-bond donors (Lipinski definition) is 1. The molecule has 21 heavy (non-hydrogen) atoms. The van der Waals surface area contributed by atoms with E-state index in [0.29, 0.717) is 5.92 Å². The summed E-state index contributed by atoms with van der Waals surface area (Å²) in [5.74, 6) is 0.197. The highest BCUT2D eigenvalue weighted by atomic mass is 16.6. The van der Waals surface area contributed by atoms with E-state index < -0.39 is 4.92 Å². The van der Waals surface area contributed by atoms with Crippen LogP contribution in [0.5, 0.6) is 0 Å². The van der Waals surface area contributed by atoms with E-state index in [1.54, 1.807) is 18.0 Å². The first-order chi connectivity index (χ1) is 9.93. The summed E-state index contributed by atoms with van der Waals surface area (Å²) in [5, 5.41) is 10.9. The van der Waals surface area contributed by atoms with Crippen LogP contribution in [0.15, 0.2) is 18.2 Å². The molecule has 0 bridgehead atoms. The molecule has 1 fully saturated rings. The van der Waals surface area contributed by atoms with E-state index in [4.69, 9.17) is 5.73 Å². The van der Waals surface area contributed by atoms with Crippen LogP contribution in [0.4, 0.5) is 11.4 Å². The second kappa shape index (κ2) is 6.11. The molecule has 114 valence electrons. The Hall–Kier alpha value is -2.11. The van der Waals surface area contributed by atoms with E-state index in [2.05, 4.69) is 6.92 Å². The minimum absolute atomic E-state index is 0.0530. The number of nitro groups is 1. The minimum atomic E-state index is -0.560. The van der Waals surface area contributed by atoms with Crippen molar-refractivity contribution in [3.8, 4) is 0 Å². The number of nitrogens with zero attached hydrogens (tertiary/aromatic N) is 2. The fourth-order valence-electron chi connectivity index (χ4n) is 3.11. The number of anilines is 1. The summed E-state index contributed by atoms with van der Waals surface area (Å²) in [6, 6.07) is 4.54. The zero-order valence-corrected chi connectivity index (χ0v) is 12.4. The SMILES string of the molecule is CC1CCCCC1N(C)C(=O)c1cccc([N+](=O)[O-])c1N.